The maximum atomic E-state index is 12.8. The SMILES string of the molecule is COc1ccc(C(=O)Nc2cccc(C(=O)Nc3cccc4ccccc34)c2)cc1. The molecule has 0 saturated carbocycles. The summed E-state index contributed by atoms with van der Waals surface area (Å²) in [6, 6.07) is 27.3. The van der Waals surface area contributed by atoms with Crippen molar-refractivity contribution in [2.75, 3.05) is 17.7 Å². The minimum absolute atomic E-state index is 0.244. The van der Waals surface area contributed by atoms with Gasteiger partial charge in [0.05, 0.1) is 7.11 Å². The first-order chi connectivity index (χ1) is 14.6. The highest BCUT2D eigenvalue weighted by Crippen LogP contribution is 2.24. The van der Waals surface area contributed by atoms with Gasteiger partial charge in [0.2, 0.25) is 0 Å². The third-order valence-electron chi connectivity index (χ3n) is 4.77. The Hall–Kier alpha value is -4.12. The summed E-state index contributed by atoms with van der Waals surface area (Å²) < 4.78 is 5.11. The first-order valence-corrected chi connectivity index (χ1v) is 9.48. The van der Waals surface area contributed by atoms with E-state index in [9.17, 15) is 9.59 Å². The molecule has 30 heavy (non-hydrogen) atoms. The van der Waals surface area contributed by atoms with E-state index in [-0.39, 0.29) is 11.8 Å². The Labute approximate surface area is 174 Å². The lowest BCUT2D eigenvalue weighted by Crippen LogP contribution is -2.14. The van der Waals surface area contributed by atoms with Crippen molar-refractivity contribution in [3.05, 3.63) is 102 Å². The van der Waals surface area contributed by atoms with Gasteiger partial charge in [0.15, 0.2) is 0 Å². The molecule has 0 unspecified atom stereocenters. The minimum Gasteiger partial charge on any atom is -0.497 e. The minimum atomic E-state index is -0.260. The summed E-state index contributed by atoms with van der Waals surface area (Å²) in [5.41, 5.74) is 2.24. The van der Waals surface area contributed by atoms with Crippen molar-refractivity contribution in [3.8, 4) is 5.75 Å². The molecule has 0 aliphatic carbocycles. The largest absolute Gasteiger partial charge is 0.497 e. The molecule has 0 atom stereocenters. The Kier molecular flexibility index (Phi) is 5.44. The van der Waals surface area contributed by atoms with Crippen molar-refractivity contribution >= 4 is 34.0 Å². The van der Waals surface area contributed by atoms with Crippen LogP contribution >= 0.6 is 0 Å². The molecule has 0 spiro atoms. The van der Waals surface area contributed by atoms with Crippen LogP contribution in [0.4, 0.5) is 11.4 Å². The molecule has 5 nitrogen and oxygen atoms in total. The zero-order chi connectivity index (χ0) is 20.9. The number of carbonyl (C=O) groups excluding carboxylic acids is 2. The van der Waals surface area contributed by atoms with E-state index in [0.29, 0.717) is 22.6 Å². The van der Waals surface area contributed by atoms with Crippen molar-refractivity contribution in [2.24, 2.45) is 0 Å². The predicted molar refractivity (Wildman–Crippen MR) is 119 cm³/mol. The molecule has 0 saturated heterocycles. The van der Waals surface area contributed by atoms with Gasteiger partial charge in [-0.25, -0.2) is 0 Å². The fourth-order valence-corrected chi connectivity index (χ4v) is 3.21. The summed E-state index contributed by atoms with van der Waals surface area (Å²) >= 11 is 0. The molecule has 4 aromatic rings. The van der Waals surface area contributed by atoms with E-state index in [1.54, 1.807) is 55.6 Å². The van der Waals surface area contributed by atoms with Crippen LogP contribution in [-0.2, 0) is 0 Å². The molecule has 0 radical (unpaired) electrons. The van der Waals surface area contributed by atoms with Crippen LogP contribution in [0.25, 0.3) is 10.8 Å². The molecule has 5 heteroatoms. The van der Waals surface area contributed by atoms with Gasteiger partial charge in [0.1, 0.15) is 5.75 Å². The summed E-state index contributed by atoms with van der Waals surface area (Å²) in [7, 11) is 1.57. The first kappa shape index (κ1) is 19.2. The predicted octanol–water partition coefficient (Wildman–Crippen LogP) is 5.35. The maximum absolute atomic E-state index is 12.8. The molecule has 2 amide bonds. The highest BCUT2D eigenvalue weighted by molar-refractivity contribution is 6.10. The van der Waals surface area contributed by atoms with Crippen molar-refractivity contribution in [3.63, 3.8) is 0 Å². The molecule has 0 aromatic heterocycles. The van der Waals surface area contributed by atoms with Crippen LogP contribution < -0.4 is 15.4 Å². The van der Waals surface area contributed by atoms with Gasteiger partial charge in [-0.1, -0.05) is 42.5 Å². The molecule has 0 fully saturated rings. The maximum Gasteiger partial charge on any atom is 0.255 e. The number of hydrogen-bond donors (Lipinski definition) is 2. The molecule has 4 rings (SSSR count). The highest BCUT2D eigenvalue weighted by atomic mass is 16.5. The number of rotatable bonds is 5. The quantitative estimate of drug-likeness (QED) is 0.478. The van der Waals surface area contributed by atoms with E-state index in [2.05, 4.69) is 10.6 Å². The molecule has 0 heterocycles. The second-order valence-electron chi connectivity index (χ2n) is 6.74. The zero-order valence-electron chi connectivity index (χ0n) is 16.4. The lowest BCUT2D eigenvalue weighted by Gasteiger charge is -2.10. The lowest BCUT2D eigenvalue weighted by atomic mass is 10.1. The molecular weight excluding hydrogens is 376 g/mol. The van der Waals surface area contributed by atoms with Gasteiger partial charge in [-0.3, -0.25) is 9.59 Å². The molecular formula is C25H20N2O3. The van der Waals surface area contributed by atoms with Crippen LogP contribution in [0.5, 0.6) is 5.75 Å². The van der Waals surface area contributed by atoms with Crippen molar-refractivity contribution in [1.29, 1.82) is 0 Å². The third kappa shape index (κ3) is 4.15. The van der Waals surface area contributed by atoms with Gasteiger partial charge < -0.3 is 15.4 Å². The van der Waals surface area contributed by atoms with E-state index < -0.39 is 0 Å². The number of ether oxygens (including phenoxy) is 1. The Balaban J connectivity index is 1.51. The van der Waals surface area contributed by atoms with Crippen molar-refractivity contribution in [2.45, 2.75) is 0 Å². The third-order valence-corrected chi connectivity index (χ3v) is 4.77. The number of benzene rings is 4. The smallest absolute Gasteiger partial charge is 0.255 e. The van der Waals surface area contributed by atoms with E-state index in [0.717, 1.165) is 16.5 Å². The van der Waals surface area contributed by atoms with Crippen LogP contribution in [0.3, 0.4) is 0 Å². The van der Waals surface area contributed by atoms with E-state index in [4.69, 9.17) is 4.74 Å². The highest BCUT2D eigenvalue weighted by Gasteiger charge is 2.11. The molecule has 0 bridgehead atoms. The molecule has 0 aliphatic rings. The molecule has 4 aromatic carbocycles. The average Bonchev–Trinajstić information content (AvgIpc) is 2.79. The normalized spacial score (nSPS) is 10.4. The summed E-state index contributed by atoms with van der Waals surface area (Å²) in [5.74, 6) is 0.176. The molecule has 0 aliphatic heterocycles. The van der Waals surface area contributed by atoms with Gasteiger partial charge in [0, 0.05) is 27.9 Å². The first-order valence-electron chi connectivity index (χ1n) is 9.48. The van der Waals surface area contributed by atoms with E-state index in [1.165, 1.54) is 0 Å². The summed E-state index contributed by atoms with van der Waals surface area (Å²) in [4.78, 5) is 25.3. The van der Waals surface area contributed by atoms with Gasteiger partial charge >= 0.3 is 0 Å². The fraction of sp³-hybridized carbons (Fsp3) is 0.0400. The van der Waals surface area contributed by atoms with Gasteiger partial charge in [-0.05, 0) is 53.9 Å². The van der Waals surface area contributed by atoms with Gasteiger partial charge in [0.25, 0.3) is 11.8 Å². The number of methoxy groups -OCH3 is 1. The average molecular weight is 396 g/mol. The Morgan fingerprint density at radius 3 is 2.20 bits per heavy atom. The number of anilines is 2. The summed E-state index contributed by atoms with van der Waals surface area (Å²) in [6.45, 7) is 0. The summed E-state index contributed by atoms with van der Waals surface area (Å²) in [5, 5.41) is 7.81. The van der Waals surface area contributed by atoms with Crippen LogP contribution in [0.2, 0.25) is 0 Å². The van der Waals surface area contributed by atoms with Crippen LogP contribution in [-0.4, -0.2) is 18.9 Å². The Morgan fingerprint density at radius 1 is 0.700 bits per heavy atom. The number of nitrogens with one attached hydrogen (secondary N) is 2. The fourth-order valence-electron chi connectivity index (χ4n) is 3.21. The van der Waals surface area contributed by atoms with Gasteiger partial charge in [-0.15, -0.1) is 0 Å². The Bertz CT molecular complexity index is 1210. The van der Waals surface area contributed by atoms with Crippen LogP contribution in [0.15, 0.2) is 91.0 Å². The monoisotopic (exact) mass is 396 g/mol. The number of fused-ring (bicyclic) bond motifs is 1. The van der Waals surface area contributed by atoms with E-state index >= 15 is 0 Å². The number of hydrogen-bond acceptors (Lipinski definition) is 3. The van der Waals surface area contributed by atoms with Crippen molar-refractivity contribution < 1.29 is 14.3 Å². The standard InChI is InChI=1S/C25H20N2O3/c1-30-21-14-12-18(13-15-21)24(28)26-20-9-4-8-19(16-20)25(29)27-23-11-5-7-17-6-2-3-10-22(17)23/h2-16H,1H3,(H,26,28)(H,27,29). The van der Waals surface area contributed by atoms with Gasteiger partial charge in [-0.2, -0.15) is 0 Å². The second-order valence-corrected chi connectivity index (χ2v) is 6.74. The summed E-state index contributed by atoms with van der Waals surface area (Å²) in [6.07, 6.45) is 0. The molecule has 148 valence electrons. The van der Waals surface area contributed by atoms with Crippen LogP contribution in [0.1, 0.15) is 20.7 Å². The zero-order valence-corrected chi connectivity index (χ0v) is 16.4. The molecule has 2 N–H and O–H groups in total. The number of amides is 2. The topological polar surface area (TPSA) is 67.4 Å². The second kappa shape index (κ2) is 8.49. The lowest BCUT2D eigenvalue weighted by molar-refractivity contribution is 0.101. The van der Waals surface area contributed by atoms with E-state index in [1.807, 2.05) is 42.5 Å². The van der Waals surface area contributed by atoms with Crippen molar-refractivity contribution in [1.82, 2.24) is 0 Å². The van der Waals surface area contributed by atoms with Crippen LogP contribution in [0, 0.1) is 0 Å². The number of carbonyl (C=O) groups is 2. The Morgan fingerprint density at radius 2 is 1.40 bits per heavy atom.